The third kappa shape index (κ3) is 4.11. The summed E-state index contributed by atoms with van der Waals surface area (Å²) in [7, 11) is -0.129. The first-order valence-electron chi connectivity index (χ1n) is 12.4. The zero-order valence-corrected chi connectivity index (χ0v) is 20.2. The summed E-state index contributed by atoms with van der Waals surface area (Å²) in [5.41, 5.74) is 0.000454. The SMILES string of the molecule is CC1(OCOc2ccc([S+](c3ccccc3)c3ccccc3)cc2)C2CC3CC(C2)CC1C3. The lowest BCUT2D eigenvalue weighted by Gasteiger charge is -2.59. The fraction of sp³-hybridized carbons (Fsp3) is 0.400. The number of hydrogen-bond acceptors (Lipinski definition) is 2. The summed E-state index contributed by atoms with van der Waals surface area (Å²) in [5.74, 6) is 4.24. The van der Waals surface area contributed by atoms with Crippen LogP contribution in [-0.4, -0.2) is 12.4 Å². The minimum absolute atomic E-state index is 0.000454. The van der Waals surface area contributed by atoms with Crippen LogP contribution in [-0.2, 0) is 15.6 Å². The van der Waals surface area contributed by atoms with E-state index in [0.29, 0.717) is 6.79 Å². The monoisotopic (exact) mass is 457 g/mol. The minimum atomic E-state index is -0.129. The second-order valence-corrected chi connectivity index (χ2v) is 12.3. The first-order chi connectivity index (χ1) is 16.2. The van der Waals surface area contributed by atoms with Crippen molar-refractivity contribution in [1.82, 2.24) is 0 Å². The van der Waals surface area contributed by atoms with Gasteiger partial charge in [0, 0.05) is 0 Å². The van der Waals surface area contributed by atoms with Crippen molar-refractivity contribution in [3.8, 4) is 5.75 Å². The van der Waals surface area contributed by atoms with Gasteiger partial charge in [0.15, 0.2) is 21.5 Å². The normalized spacial score (nSPS) is 30.0. The molecule has 170 valence electrons. The molecule has 0 aliphatic heterocycles. The molecule has 3 aromatic carbocycles. The van der Waals surface area contributed by atoms with Crippen LogP contribution in [0.3, 0.4) is 0 Å². The van der Waals surface area contributed by atoms with E-state index in [-0.39, 0.29) is 16.5 Å². The van der Waals surface area contributed by atoms with Crippen molar-refractivity contribution < 1.29 is 9.47 Å². The molecule has 0 amide bonds. The van der Waals surface area contributed by atoms with Crippen molar-refractivity contribution in [2.24, 2.45) is 23.7 Å². The third-order valence-electron chi connectivity index (χ3n) is 8.37. The Kier molecular flexibility index (Phi) is 5.72. The van der Waals surface area contributed by atoms with Crippen LogP contribution in [0.5, 0.6) is 5.75 Å². The van der Waals surface area contributed by atoms with Gasteiger partial charge >= 0.3 is 0 Å². The maximum atomic E-state index is 6.51. The molecule has 0 N–H and O–H groups in total. The third-order valence-corrected chi connectivity index (χ3v) is 10.6. The lowest BCUT2D eigenvalue weighted by molar-refractivity contribution is -0.217. The van der Waals surface area contributed by atoms with E-state index >= 15 is 0 Å². The molecule has 4 aliphatic rings. The van der Waals surface area contributed by atoms with E-state index < -0.39 is 0 Å². The fourth-order valence-corrected chi connectivity index (χ4v) is 8.86. The Bertz CT molecular complexity index is 996. The van der Waals surface area contributed by atoms with E-state index in [2.05, 4.69) is 91.9 Å². The molecule has 4 saturated carbocycles. The molecule has 0 saturated heterocycles. The van der Waals surface area contributed by atoms with Crippen LogP contribution < -0.4 is 4.74 Å². The van der Waals surface area contributed by atoms with Gasteiger partial charge in [0.2, 0.25) is 0 Å². The zero-order chi connectivity index (χ0) is 22.3. The van der Waals surface area contributed by atoms with Gasteiger partial charge in [0.25, 0.3) is 0 Å². The van der Waals surface area contributed by atoms with Gasteiger partial charge in [-0.25, -0.2) is 0 Å². The van der Waals surface area contributed by atoms with Gasteiger partial charge in [-0.05, 0) is 111 Å². The number of benzene rings is 3. The second kappa shape index (κ2) is 8.85. The van der Waals surface area contributed by atoms with Crippen molar-refractivity contribution in [1.29, 1.82) is 0 Å². The minimum Gasteiger partial charge on any atom is -0.468 e. The van der Waals surface area contributed by atoms with Gasteiger partial charge < -0.3 is 9.47 Å². The smallest absolute Gasteiger partial charge is 0.189 e. The summed E-state index contributed by atoms with van der Waals surface area (Å²) in [5, 5.41) is 0. The van der Waals surface area contributed by atoms with Gasteiger partial charge in [0.1, 0.15) is 5.75 Å². The molecule has 2 nitrogen and oxygen atoms in total. The Morgan fingerprint density at radius 1 is 0.667 bits per heavy atom. The summed E-state index contributed by atoms with van der Waals surface area (Å²) in [6, 6.07) is 30.2. The summed E-state index contributed by atoms with van der Waals surface area (Å²) < 4.78 is 12.6. The van der Waals surface area contributed by atoms with Crippen LogP contribution in [0.1, 0.15) is 39.0 Å². The summed E-state index contributed by atoms with van der Waals surface area (Å²) in [4.78, 5) is 3.96. The lowest BCUT2D eigenvalue weighted by atomic mass is 9.50. The maximum Gasteiger partial charge on any atom is 0.189 e. The van der Waals surface area contributed by atoms with E-state index in [1.165, 1.54) is 46.8 Å². The molecule has 3 heteroatoms. The van der Waals surface area contributed by atoms with Crippen LogP contribution in [0, 0.1) is 23.7 Å². The second-order valence-electron chi connectivity index (χ2n) is 10.3. The summed E-state index contributed by atoms with van der Waals surface area (Å²) in [6.07, 6.45) is 6.91. The number of ether oxygens (including phenoxy) is 2. The van der Waals surface area contributed by atoms with Crippen molar-refractivity contribution in [2.45, 2.75) is 59.3 Å². The molecule has 0 atom stereocenters. The molecule has 0 unspecified atom stereocenters. The van der Waals surface area contributed by atoms with Crippen LogP contribution >= 0.6 is 0 Å². The molecule has 4 bridgehead atoms. The van der Waals surface area contributed by atoms with Crippen LogP contribution in [0.15, 0.2) is 99.6 Å². The van der Waals surface area contributed by atoms with Crippen molar-refractivity contribution >= 4 is 10.9 Å². The Labute approximate surface area is 200 Å². The molecule has 0 aromatic heterocycles. The summed E-state index contributed by atoms with van der Waals surface area (Å²) >= 11 is 0. The summed E-state index contributed by atoms with van der Waals surface area (Å²) in [6.45, 7) is 2.71. The topological polar surface area (TPSA) is 18.5 Å². The highest BCUT2D eigenvalue weighted by atomic mass is 32.2. The molecule has 0 radical (unpaired) electrons. The first kappa shape index (κ1) is 21.3. The molecule has 4 aliphatic carbocycles. The van der Waals surface area contributed by atoms with Crippen LogP contribution in [0.4, 0.5) is 0 Å². The maximum absolute atomic E-state index is 6.51. The fourth-order valence-electron chi connectivity index (χ4n) is 6.77. The predicted octanol–water partition coefficient (Wildman–Crippen LogP) is 7.35. The predicted molar refractivity (Wildman–Crippen MR) is 134 cm³/mol. The molecular formula is C30H33O2S+. The average molecular weight is 458 g/mol. The highest BCUT2D eigenvalue weighted by molar-refractivity contribution is 7.97. The highest BCUT2D eigenvalue weighted by Crippen LogP contribution is 2.59. The van der Waals surface area contributed by atoms with E-state index in [1.54, 1.807) is 0 Å². The molecule has 0 heterocycles. The van der Waals surface area contributed by atoms with E-state index in [4.69, 9.17) is 9.47 Å². The quantitative estimate of drug-likeness (QED) is 0.273. The first-order valence-corrected chi connectivity index (χ1v) is 13.6. The van der Waals surface area contributed by atoms with Gasteiger partial charge in [-0.2, -0.15) is 0 Å². The van der Waals surface area contributed by atoms with Gasteiger partial charge in [-0.1, -0.05) is 36.4 Å². The Morgan fingerprint density at radius 3 is 1.67 bits per heavy atom. The van der Waals surface area contributed by atoms with Crippen LogP contribution in [0.25, 0.3) is 0 Å². The van der Waals surface area contributed by atoms with Crippen LogP contribution in [0.2, 0.25) is 0 Å². The van der Waals surface area contributed by atoms with E-state index in [0.717, 1.165) is 29.4 Å². The standard InChI is InChI=1S/C30H33O2S/c1-30(24-17-22-16-23(19-24)20-25(30)18-22)32-21-31-26-12-14-29(15-13-26)33(27-8-4-2-5-9-27)28-10-6-3-7-11-28/h2-15,22-25H,16-21H2,1H3/q+1. The lowest BCUT2D eigenvalue weighted by Crippen LogP contribution is -2.57. The number of hydrogen-bond donors (Lipinski definition) is 0. The van der Waals surface area contributed by atoms with Crippen molar-refractivity contribution in [3.05, 3.63) is 84.9 Å². The van der Waals surface area contributed by atoms with Gasteiger partial charge in [-0.3, -0.25) is 0 Å². The van der Waals surface area contributed by atoms with Crippen molar-refractivity contribution in [2.75, 3.05) is 6.79 Å². The molecule has 3 aromatic rings. The molecule has 7 rings (SSSR count). The van der Waals surface area contributed by atoms with E-state index in [1.807, 2.05) is 0 Å². The Hall–Kier alpha value is -2.23. The average Bonchev–Trinajstić information content (AvgIpc) is 2.85. The highest BCUT2D eigenvalue weighted by Gasteiger charge is 2.55. The molecule has 0 spiro atoms. The Morgan fingerprint density at radius 2 is 1.15 bits per heavy atom. The van der Waals surface area contributed by atoms with Gasteiger partial charge in [-0.15, -0.1) is 0 Å². The van der Waals surface area contributed by atoms with Gasteiger partial charge in [0.05, 0.1) is 16.5 Å². The zero-order valence-electron chi connectivity index (χ0n) is 19.4. The van der Waals surface area contributed by atoms with E-state index in [9.17, 15) is 0 Å². The van der Waals surface area contributed by atoms with Crippen molar-refractivity contribution in [3.63, 3.8) is 0 Å². The number of rotatable bonds is 7. The Balaban J connectivity index is 1.14. The molecule has 33 heavy (non-hydrogen) atoms. The molecule has 4 fully saturated rings. The molecular weight excluding hydrogens is 424 g/mol. The largest absolute Gasteiger partial charge is 0.468 e.